The van der Waals surface area contributed by atoms with Crippen molar-refractivity contribution in [3.05, 3.63) is 58.1 Å². The van der Waals surface area contributed by atoms with Gasteiger partial charge in [-0.2, -0.15) is 8.42 Å². The molecule has 124 valence electrons. The predicted molar refractivity (Wildman–Crippen MR) is 94.0 cm³/mol. The van der Waals surface area contributed by atoms with Crippen molar-refractivity contribution in [1.82, 2.24) is 0 Å². The zero-order valence-corrected chi connectivity index (χ0v) is 15.5. The molecule has 0 aliphatic carbocycles. The van der Waals surface area contributed by atoms with E-state index in [2.05, 4.69) is 20.8 Å². The second-order valence-corrected chi connectivity index (χ2v) is 8.24. The van der Waals surface area contributed by atoms with Gasteiger partial charge in [0.05, 0.1) is 10.0 Å². The minimum atomic E-state index is -3.95. The van der Waals surface area contributed by atoms with Gasteiger partial charge >= 0.3 is 10.1 Å². The first-order valence-electron chi connectivity index (χ1n) is 7.16. The summed E-state index contributed by atoms with van der Waals surface area (Å²) in [4.78, 5) is -0.0372. The lowest BCUT2D eigenvalue weighted by atomic mass is 9.82. The Hall–Kier alpha value is -1.23. The summed E-state index contributed by atoms with van der Waals surface area (Å²) in [6.07, 6.45) is 0.981. The van der Waals surface area contributed by atoms with Crippen molar-refractivity contribution in [3.8, 4) is 5.75 Å². The summed E-state index contributed by atoms with van der Waals surface area (Å²) in [5.41, 5.74) is 1.15. The van der Waals surface area contributed by atoms with E-state index in [4.69, 9.17) is 27.4 Å². The molecule has 23 heavy (non-hydrogen) atoms. The molecule has 2 aromatic rings. The van der Waals surface area contributed by atoms with Crippen LogP contribution in [-0.2, 0) is 15.5 Å². The molecule has 6 heteroatoms. The fraction of sp³-hybridized carbons (Fsp3) is 0.294. The minimum absolute atomic E-state index is 0.0289. The third-order valence-electron chi connectivity index (χ3n) is 3.91. The SMILES string of the molecule is CCC(C)(C)c1ccc(OS(=O)(=O)c2ccc(Cl)c(Cl)c2)cc1. The average molecular weight is 373 g/mol. The molecule has 3 nitrogen and oxygen atoms in total. The first kappa shape index (κ1) is 18.1. The number of rotatable bonds is 5. The van der Waals surface area contributed by atoms with Gasteiger partial charge in [-0.25, -0.2) is 0 Å². The molecule has 0 spiro atoms. The lowest BCUT2D eigenvalue weighted by Crippen LogP contribution is -2.15. The van der Waals surface area contributed by atoms with Crippen LogP contribution in [-0.4, -0.2) is 8.42 Å². The van der Waals surface area contributed by atoms with Crippen LogP contribution in [0.1, 0.15) is 32.8 Å². The van der Waals surface area contributed by atoms with Gasteiger partial charge in [0.2, 0.25) is 0 Å². The van der Waals surface area contributed by atoms with Crippen molar-refractivity contribution in [2.24, 2.45) is 0 Å². The molecule has 0 aliphatic heterocycles. The molecule has 0 saturated heterocycles. The van der Waals surface area contributed by atoms with Crippen LogP contribution in [0.3, 0.4) is 0 Å². The number of halogens is 2. The molecule has 0 amide bonds. The second kappa shape index (κ2) is 6.71. The summed E-state index contributed by atoms with van der Waals surface area (Å²) in [5.74, 6) is 0.256. The van der Waals surface area contributed by atoms with E-state index in [9.17, 15) is 8.42 Å². The van der Waals surface area contributed by atoms with E-state index in [-0.39, 0.29) is 26.1 Å². The summed E-state index contributed by atoms with van der Waals surface area (Å²) in [5, 5.41) is 0.452. The maximum absolute atomic E-state index is 12.3. The van der Waals surface area contributed by atoms with Gasteiger partial charge in [0.1, 0.15) is 10.6 Å². The molecule has 0 atom stereocenters. The molecule has 0 bridgehead atoms. The lowest BCUT2D eigenvalue weighted by molar-refractivity contribution is 0.483. The standard InChI is InChI=1S/C17H18Cl2O3S/c1-4-17(2,3)12-5-7-13(8-6-12)22-23(20,21)14-9-10-15(18)16(19)11-14/h5-11H,4H2,1-3H3. The van der Waals surface area contributed by atoms with Crippen molar-refractivity contribution in [2.75, 3.05) is 0 Å². The van der Waals surface area contributed by atoms with Crippen molar-refractivity contribution in [3.63, 3.8) is 0 Å². The van der Waals surface area contributed by atoms with Gasteiger partial charge in [-0.15, -0.1) is 0 Å². The van der Waals surface area contributed by atoms with Gasteiger partial charge in [-0.1, -0.05) is 56.1 Å². The van der Waals surface area contributed by atoms with Crippen LogP contribution in [0.2, 0.25) is 10.0 Å². The molecule has 0 radical (unpaired) electrons. The molecule has 2 rings (SSSR count). The Morgan fingerprint density at radius 1 is 1.00 bits per heavy atom. The van der Waals surface area contributed by atoms with Crippen molar-refractivity contribution in [1.29, 1.82) is 0 Å². The second-order valence-electron chi connectivity index (χ2n) is 5.88. The Balaban J connectivity index is 2.25. The third-order valence-corrected chi connectivity index (χ3v) is 5.89. The lowest BCUT2D eigenvalue weighted by Gasteiger charge is -2.23. The van der Waals surface area contributed by atoms with E-state index in [0.29, 0.717) is 0 Å². The molecule has 0 fully saturated rings. The smallest absolute Gasteiger partial charge is 0.339 e. The molecule has 0 aromatic heterocycles. The van der Waals surface area contributed by atoms with Gasteiger partial charge in [0.25, 0.3) is 0 Å². The van der Waals surface area contributed by atoms with Gasteiger partial charge < -0.3 is 4.18 Å². The summed E-state index contributed by atoms with van der Waals surface area (Å²) in [6.45, 7) is 6.38. The van der Waals surface area contributed by atoms with Crippen LogP contribution in [0.25, 0.3) is 0 Å². The highest BCUT2D eigenvalue weighted by Gasteiger charge is 2.20. The fourth-order valence-electron chi connectivity index (χ4n) is 1.97. The number of benzene rings is 2. The zero-order valence-electron chi connectivity index (χ0n) is 13.1. The van der Waals surface area contributed by atoms with E-state index >= 15 is 0 Å². The van der Waals surface area contributed by atoms with E-state index in [1.165, 1.54) is 18.2 Å². The highest BCUT2D eigenvalue weighted by Crippen LogP contribution is 2.30. The zero-order chi connectivity index (χ0) is 17.3. The maximum Gasteiger partial charge on any atom is 0.339 e. The summed E-state index contributed by atoms with van der Waals surface area (Å²) in [7, 11) is -3.95. The largest absolute Gasteiger partial charge is 0.379 e. The van der Waals surface area contributed by atoms with Crippen LogP contribution in [0.15, 0.2) is 47.4 Å². The van der Waals surface area contributed by atoms with E-state index in [0.717, 1.165) is 12.0 Å². The highest BCUT2D eigenvalue weighted by molar-refractivity contribution is 7.87. The van der Waals surface area contributed by atoms with Crippen LogP contribution in [0.5, 0.6) is 5.75 Å². The third kappa shape index (κ3) is 4.19. The van der Waals surface area contributed by atoms with E-state index in [1.54, 1.807) is 12.1 Å². The number of hydrogen-bond acceptors (Lipinski definition) is 3. The molecule has 0 N–H and O–H groups in total. The number of hydrogen-bond donors (Lipinski definition) is 0. The van der Waals surface area contributed by atoms with Crippen LogP contribution < -0.4 is 4.18 Å². The van der Waals surface area contributed by atoms with Gasteiger partial charge in [-0.3, -0.25) is 0 Å². The van der Waals surface area contributed by atoms with Gasteiger partial charge in [-0.05, 0) is 47.7 Å². The first-order chi connectivity index (χ1) is 10.7. The van der Waals surface area contributed by atoms with Gasteiger partial charge in [0, 0.05) is 0 Å². The Morgan fingerprint density at radius 2 is 1.61 bits per heavy atom. The summed E-state index contributed by atoms with van der Waals surface area (Å²) >= 11 is 11.7. The van der Waals surface area contributed by atoms with Gasteiger partial charge in [0.15, 0.2) is 0 Å². The van der Waals surface area contributed by atoms with Crippen molar-refractivity contribution in [2.45, 2.75) is 37.5 Å². The Bertz CT molecular complexity index is 797. The maximum atomic E-state index is 12.3. The molecule has 0 saturated carbocycles. The summed E-state index contributed by atoms with van der Waals surface area (Å²) in [6, 6.07) is 11.1. The highest BCUT2D eigenvalue weighted by atomic mass is 35.5. The molecular formula is C17H18Cl2O3S. The normalized spacial score (nSPS) is 12.2. The molecule has 0 heterocycles. The quantitative estimate of drug-likeness (QED) is 0.655. The van der Waals surface area contributed by atoms with Crippen molar-refractivity contribution < 1.29 is 12.6 Å². The Labute approximate surface area is 147 Å². The predicted octanol–water partition coefficient (Wildman–Crippen LogP) is 5.45. The van der Waals surface area contributed by atoms with Crippen LogP contribution >= 0.6 is 23.2 Å². The van der Waals surface area contributed by atoms with Crippen LogP contribution in [0, 0.1) is 0 Å². The summed E-state index contributed by atoms with van der Waals surface area (Å²) < 4.78 is 29.7. The molecule has 2 aromatic carbocycles. The molecule has 0 unspecified atom stereocenters. The Kier molecular flexibility index (Phi) is 5.29. The van der Waals surface area contributed by atoms with Crippen molar-refractivity contribution >= 4 is 33.3 Å². The van der Waals surface area contributed by atoms with Crippen LogP contribution in [0.4, 0.5) is 0 Å². The van der Waals surface area contributed by atoms with E-state index < -0.39 is 10.1 Å². The van der Waals surface area contributed by atoms with E-state index in [1.807, 2.05) is 12.1 Å². The monoisotopic (exact) mass is 372 g/mol. The average Bonchev–Trinajstić information content (AvgIpc) is 2.50. The molecule has 0 aliphatic rings. The topological polar surface area (TPSA) is 43.4 Å². The minimum Gasteiger partial charge on any atom is -0.379 e. The first-order valence-corrected chi connectivity index (χ1v) is 9.32. The fourth-order valence-corrected chi connectivity index (χ4v) is 3.29. The molecular weight excluding hydrogens is 355 g/mol. The Morgan fingerprint density at radius 3 is 2.13 bits per heavy atom.